The second kappa shape index (κ2) is 4.56. The van der Waals surface area contributed by atoms with Gasteiger partial charge in [-0.2, -0.15) is 0 Å². The summed E-state index contributed by atoms with van der Waals surface area (Å²) in [6.45, 7) is 6.24. The van der Waals surface area contributed by atoms with Crippen LogP contribution in [0.4, 0.5) is 11.4 Å². The fraction of sp³-hybridized carbons (Fsp3) is 0.500. The highest BCUT2D eigenvalue weighted by Gasteiger charge is 2.27. The molecule has 6 heteroatoms. The van der Waals surface area contributed by atoms with Crippen molar-refractivity contribution in [2.75, 3.05) is 30.8 Å². The molecule has 6 nitrogen and oxygen atoms in total. The Hall–Kier alpha value is -1.95. The number of hydrogen-bond acceptors (Lipinski definition) is 5. The number of fused-ring (bicyclic) bond motifs is 1. The molecular formula is C14H20N4O2. The number of aromatic nitrogens is 1. The fourth-order valence-corrected chi connectivity index (χ4v) is 2.88. The van der Waals surface area contributed by atoms with E-state index in [4.69, 9.17) is 10.2 Å². The monoisotopic (exact) mass is 276 g/mol. The molecule has 1 aromatic heterocycles. The maximum absolute atomic E-state index is 11.3. The van der Waals surface area contributed by atoms with Gasteiger partial charge in [-0.3, -0.25) is 9.88 Å². The number of nitrogens with two attached hydrogens (primary N) is 1. The lowest BCUT2D eigenvalue weighted by Gasteiger charge is -2.43. The number of anilines is 2. The fourth-order valence-electron chi connectivity index (χ4n) is 2.88. The van der Waals surface area contributed by atoms with Gasteiger partial charge in [0.1, 0.15) is 0 Å². The summed E-state index contributed by atoms with van der Waals surface area (Å²) in [7, 11) is 2.15. The van der Waals surface area contributed by atoms with Crippen LogP contribution in [0.25, 0.3) is 11.1 Å². The summed E-state index contributed by atoms with van der Waals surface area (Å²) in [4.78, 5) is 18.6. The lowest BCUT2D eigenvalue weighted by molar-refractivity contribution is 0.170. The van der Waals surface area contributed by atoms with Crippen molar-refractivity contribution in [2.45, 2.75) is 25.9 Å². The highest BCUT2D eigenvalue weighted by Crippen LogP contribution is 2.30. The van der Waals surface area contributed by atoms with Crippen LogP contribution < -0.4 is 16.4 Å². The maximum atomic E-state index is 11.3. The Labute approximate surface area is 117 Å². The van der Waals surface area contributed by atoms with Crippen LogP contribution in [0.3, 0.4) is 0 Å². The van der Waals surface area contributed by atoms with Gasteiger partial charge >= 0.3 is 5.76 Å². The van der Waals surface area contributed by atoms with Crippen molar-refractivity contribution in [1.82, 2.24) is 9.88 Å². The number of nitrogen functional groups attached to an aromatic ring is 1. The molecule has 2 atom stereocenters. The molecule has 0 amide bonds. The van der Waals surface area contributed by atoms with Crippen LogP contribution in [0.1, 0.15) is 13.8 Å². The number of H-pyrrole nitrogens is 1. The van der Waals surface area contributed by atoms with Gasteiger partial charge in [-0.15, -0.1) is 0 Å². The van der Waals surface area contributed by atoms with Crippen LogP contribution in [0.2, 0.25) is 0 Å². The lowest BCUT2D eigenvalue weighted by atomic mass is 10.1. The molecule has 3 N–H and O–H groups in total. The Morgan fingerprint density at radius 1 is 1.30 bits per heavy atom. The minimum Gasteiger partial charge on any atom is -0.408 e. The summed E-state index contributed by atoms with van der Waals surface area (Å²) < 4.78 is 5.03. The standard InChI is InChI=1S/C14H20N4O2/c1-8-6-18(7-9(2)17(8)3)12-5-11-13(4-10(12)15)20-14(19)16-11/h4-5,8-9H,6-7,15H2,1-3H3,(H,16,19). The van der Waals surface area contributed by atoms with Crippen LogP contribution in [-0.2, 0) is 0 Å². The third-order valence-electron chi connectivity index (χ3n) is 4.27. The number of benzene rings is 1. The third kappa shape index (κ3) is 2.06. The second-order valence-corrected chi connectivity index (χ2v) is 5.69. The Morgan fingerprint density at radius 2 is 1.95 bits per heavy atom. The molecule has 2 unspecified atom stereocenters. The van der Waals surface area contributed by atoms with E-state index < -0.39 is 5.76 Å². The number of piperazine rings is 1. The number of oxazole rings is 1. The second-order valence-electron chi connectivity index (χ2n) is 5.69. The van der Waals surface area contributed by atoms with E-state index >= 15 is 0 Å². The smallest absolute Gasteiger partial charge is 0.408 e. The summed E-state index contributed by atoms with van der Waals surface area (Å²) in [5.41, 5.74) is 8.92. The molecule has 0 radical (unpaired) electrons. The Balaban J connectivity index is 2.01. The average Bonchev–Trinajstić information content (AvgIpc) is 2.73. The molecule has 1 aliphatic rings. The third-order valence-corrected chi connectivity index (χ3v) is 4.27. The number of hydrogen-bond donors (Lipinski definition) is 2. The molecule has 1 saturated heterocycles. The van der Waals surface area contributed by atoms with Crippen molar-refractivity contribution >= 4 is 22.5 Å². The molecule has 0 bridgehead atoms. The van der Waals surface area contributed by atoms with Crippen molar-refractivity contribution in [3.63, 3.8) is 0 Å². The lowest BCUT2D eigenvalue weighted by Crippen LogP contribution is -2.55. The highest BCUT2D eigenvalue weighted by molar-refractivity contribution is 5.85. The van der Waals surface area contributed by atoms with Gasteiger partial charge in [0, 0.05) is 31.2 Å². The number of aromatic amines is 1. The summed E-state index contributed by atoms with van der Waals surface area (Å²) in [6, 6.07) is 4.53. The predicted molar refractivity (Wildman–Crippen MR) is 80.1 cm³/mol. The maximum Gasteiger partial charge on any atom is 0.417 e. The molecule has 108 valence electrons. The van der Waals surface area contributed by atoms with E-state index in [9.17, 15) is 4.79 Å². The number of rotatable bonds is 1. The number of likely N-dealkylation sites (N-methyl/N-ethyl adjacent to an activating group) is 1. The zero-order valence-electron chi connectivity index (χ0n) is 12.0. The Morgan fingerprint density at radius 3 is 2.60 bits per heavy atom. The van der Waals surface area contributed by atoms with Crippen LogP contribution in [-0.4, -0.2) is 42.1 Å². The van der Waals surface area contributed by atoms with Crippen LogP contribution >= 0.6 is 0 Å². The molecule has 1 fully saturated rings. The van der Waals surface area contributed by atoms with Gasteiger partial charge in [0.25, 0.3) is 0 Å². The molecule has 1 aliphatic heterocycles. The Bertz CT molecular complexity index is 678. The molecule has 2 heterocycles. The molecule has 20 heavy (non-hydrogen) atoms. The SMILES string of the molecule is CC1CN(c2cc3[nH]c(=O)oc3cc2N)CC(C)N1C. The van der Waals surface area contributed by atoms with E-state index in [1.54, 1.807) is 6.07 Å². The molecule has 0 aliphatic carbocycles. The summed E-state index contributed by atoms with van der Waals surface area (Å²) in [5.74, 6) is -0.448. The van der Waals surface area contributed by atoms with E-state index in [2.05, 4.69) is 35.7 Å². The van der Waals surface area contributed by atoms with Crippen LogP contribution in [0, 0.1) is 0 Å². The average molecular weight is 276 g/mol. The van der Waals surface area contributed by atoms with E-state index in [0.717, 1.165) is 18.8 Å². The summed E-state index contributed by atoms with van der Waals surface area (Å²) in [6.07, 6.45) is 0. The van der Waals surface area contributed by atoms with E-state index in [1.165, 1.54) is 0 Å². The molecule has 0 saturated carbocycles. The summed E-state index contributed by atoms with van der Waals surface area (Å²) in [5, 5.41) is 0. The van der Waals surface area contributed by atoms with E-state index in [0.29, 0.717) is 28.9 Å². The van der Waals surface area contributed by atoms with Crippen molar-refractivity contribution in [1.29, 1.82) is 0 Å². The predicted octanol–water partition coefficient (Wildman–Crippen LogP) is 1.23. The zero-order chi connectivity index (χ0) is 14.4. The van der Waals surface area contributed by atoms with Gasteiger partial charge in [-0.1, -0.05) is 0 Å². The normalized spacial score (nSPS) is 24.4. The molecule has 3 rings (SSSR count). The topological polar surface area (TPSA) is 78.5 Å². The van der Waals surface area contributed by atoms with Gasteiger partial charge in [-0.25, -0.2) is 4.79 Å². The van der Waals surface area contributed by atoms with Gasteiger partial charge in [0.05, 0.1) is 16.9 Å². The molecule has 0 spiro atoms. The quantitative estimate of drug-likeness (QED) is 0.766. The van der Waals surface area contributed by atoms with Gasteiger partial charge in [0.2, 0.25) is 0 Å². The highest BCUT2D eigenvalue weighted by atomic mass is 16.4. The van der Waals surface area contributed by atoms with Gasteiger partial charge in [0.15, 0.2) is 5.58 Å². The van der Waals surface area contributed by atoms with Crippen molar-refractivity contribution in [3.8, 4) is 0 Å². The van der Waals surface area contributed by atoms with Crippen LogP contribution in [0.15, 0.2) is 21.3 Å². The van der Waals surface area contributed by atoms with Gasteiger partial charge in [-0.05, 0) is 27.0 Å². The molecular weight excluding hydrogens is 256 g/mol. The first-order valence-corrected chi connectivity index (χ1v) is 6.85. The first-order chi connectivity index (χ1) is 9.45. The minimum absolute atomic E-state index is 0.448. The van der Waals surface area contributed by atoms with Crippen molar-refractivity contribution in [3.05, 3.63) is 22.7 Å². The van der Waals surface area contributed by atoms with E-state index in [1.807, 2.05) is 6.07 Å². The molecule has 2 aromatic rings. The molecule has 1 aromatic carbocycles. The van der Waals surface area contributed by atoms with Crippen molar-refractivity contribution < 1.29 is 4.42 Å². The Kier molecular flexibility index (Phi) is 2.97. The first kappa shape index (κ1) is 13.1. The van der Waals surface area contributed by atoms with Crippen molar-refractivity contribution in [2.24, 2.45) is 0 Å². The van der Waals surface area contributed by atoms with Crippen LogP contribution in [0.5, 0.6) is 0 Å². The number of nitrogens with one attached hydrogen (secondary N) is 1. The van der Waals surface area contributed by atoms with Gasteiger partial charge < -0.3 is 15.1 Å². The first-order valence-electron chi connectivity index (χ1n) is 6.85. The van der Waals surface area contributed by atoms with E-state index in [-0.39, 0.29) is 0 Å². The largest absolute Gasteiger partial charge is 0.417 e. The number of nitrogens with zero attached hydrogens (tertiary/aromatic N) is 2. The minimum atomic E-state index is -0.448. The zero-order valence-corrected chi connectivity index (χ0v) is 12.0. The summed E-state index contributed by atoms with van der Waals surface area (Å²) >= 11 is 0.